The highest BCUT2D eigenvalue weighted by Gasteiger charge is 2.20. The van der Waals surface area contributed by atoms with Crippen LogP contribution in [0.25, 0.3) is 60.6 Å². The van der Waals surface area contributed by atoms with Gasteiger partial charge in [-0.1, -0.05) is 153 Å². The number of nitrogens with zero attached hydrogens (tertiary/aromatic N) is 1. The minimum atomic E-state index is 0.525. The van der Waals surface area contributed by atoms with E-state index in [1.54, 1.807) is 6.08 Å². The summed E-state index contributed by atoms with van der Waals surface area (Å²) in [5, 5.41) is 4.96. The molecule has 0 radical (unpaired) electrons. The number of rotatable bonds is 15. The van der Waals surface area contributed by atoms with Gasteiger partial charge in [0.2, 0.25) is 0 Å². The summed E-state index contributed by atoms with van der Waals surface area (Å²) in [5.41, 5.74) is 11.9. The lowest BCUT2D eigenvalue weighted by Gasteiger charge is -2.13. The van der Waals surface area contributed by atoms with Crippen molar-refractivity contribution in [1.29, 1.82) is 0 Å². The van der Waals surface area contributed by atoms with E-state index < -0.39 is 0 Å². The molecule has 2 nitrogen and oxygen atoms in total. The van der Waals surface area contributed by atoms with Crippen molar-refractivity contribution in [1.82, 2.24) is 4.57 Å². The molecule has 0 spiro atoms. The van der Waals surface area contributed by atoms with E-state index in [0.717, 1.165) is 36.1 Å². The molecule has 288 valence electrons. The molecule has 7 aromatic rings. The molecule has 0 fully saturated rings. The topological polar surface area (TPSA) is 18.1 Å². The van der Waals surface area contributed by atoms with Gasteiger partial charge in [0.25, 0.3) is 0 Å². The molecule has 7 rings (SSSR count). The molecule has 0 aliphatic heterocycles. The lowest BCUT2D eigenvalue weighted by Crippen LogP contribution is -1.98. The van der Waals surface area contributed by atoms with E-state index in [4.69, 9.17) is 4.42 Å². The SMILES string of the molecule is C=CC.C=CCc1cccc(-c2ccc3oc4c(-n5c6ccccc6c6cc(C(C)CC)ccc65)cc(CCCCCC)cc4c3c2)c1.CCCCCCC. The van der Waals surface area contributed by atoms with Gasteiger partial charge in [-0.25, -0.2) is 0 Å². The number of benzene rings is 5. The van der Waals surface area contributed by atoms with Gasteiger partial charge in [-0.3, -0.25) is 0 Å². The molecule has 0 N–H and O–H groups in total. The van der Waals surface area contributed by atoms with Gasteiger partial charge in [0.15, 0.2) is 5.58 Å². The minimum absolute atomic E-state index is 0.525. The van der Waals surface area contributed by atoms with Crippen LogP contribution in [0.2, 0.25) is 0 Å². The fourth-order valence-electron chi connectivity index (χ4n) is 7.68. The Bertz CT molecular complexity index is 2290. The zero-order valence-corrected chi connectivity index (χ0v) is 34.7. The first-order chi connectivity index (χ1) is 26.9. The Balaban J connectivity index is 0.000000518. The first-order valence-electron chi connectivity index (χ1n) is 21.2. The van der Waals surface area contributed by atoms with Crippen LogP contribution in [0.3, 0.4) is 0 Å². The molecular formula is C53H65NO. The summed E-state index contributed by atoms with van der Waals surface area (Å²) in [7, 11) is 0. The van der Waals surface area contributed by atoms with Crippen LogP contribution in [0, 0.1) is 0 Å². The number of fused-ring (bicyclic) bond motifs is 6. The van der Waals surface area contributed by atoms with Gasteiger partial charge < -0.3 is 8.98 Å². The normalized spacial score (nSPS) is 11.7. The van der Waals surface area contributed by atoms with Crippen molar-refractivity contribution in [2.24, 2.45) is 0 Å². The van der Waals surface area contributed by atoms with Crippen LogP contribution < -0.4 is 0 Å². The predicted octanol–water partition coefficient (Wildman–Crippen LogP) is 16.9. The summed E-state index contributed by atoms with van der Waals surface area (Å²) in [6.07, 6.45) is 18.8. The average molecular weight is 732 g/mol. The Hall–Kier alpha value is -4.82. The Morgan fingerprint density at radius 1 is 0.618 bits per heavy atom. The molecule has 5 aromatic carbocycles. The Morgan fingerprint density at radius 3 is 2.02 bits per heavy atom. The van der Waals surface area contributed by atoms with E-state index in [1.165, 1.54) is 118 Å². The Morgan fingerprint density at radius 2 is 1.31 bits per heavy atom. The second-order valence-corrected chi connectivity index (χ2v) is 15.2. The fraction of sp³-hybridized carbons (Fsp3) is 0.358. The monoisotopic (exact) mass is 732 g/mol. The third-order valence-corrected chi connectivity index (χ3v) is 10.9. The summed E-state index contributed by atoms with van der Waals surface area (Å²) in [6, 6.07) is 36.2. The van der Waals surface area contributed by atoms with E-state index in [-0.39, 0.29) is 0 Å². The highest BCUT2D eigenvalue weighted by molar-refractivity contribution is 6.13. The van der Waals surface area contributed by atoms with Crippen LogP contribution in [-0.4, -0.2) is 4.57 Å². The molecule has 2 aromatic heterocycles. The number of hydrogen-bond acceptors (Lipinski definition) is 1. The van der Waals surface area contributed by atoms with Crippen molar-refractivity contribution >= 4 is 43.7 Å². The number of allylic oxidation sites excluding steroid dienone is 2. The second-order valence-electron chi connectivity index (χ2n) is 15.2. The minimum Gasteiger partial charge on any atom is -0.454 e. The smallest absolute Gasteiger partial charge is 0.159 e. The third kappa shape index (κ3) is 9.90. The second kappa shape index (κ2) is 20.7. The summed E-state index contributed by atoms with van der Waals surface area (Å²) in [5.74, 6) is 0.525. The molecule has 1 atom stereocenters. The molecule has 0 saturated heterocycles. The van der Waals surface area contributed by atoms with Crippen molar-refractivity contribution < 1.29 is 4.42 Å². The molecule has 0 aliphatic rings. The van der Waals surface area contributed by atoms with Crippen LogP contribution in [-0.2, 0) is 12.8 Å². The zero-order valence-electron chi connectivity index (χ0n) is 34.7. The molecule has 0 bridgehead atoms. The van der Waals surface area contributed by atoms with Gasteiger partial charge in [0.1, 0.15) is 5.58 Å². The number of hydrogen-bond donors (Lipinski definition) is 0. The fourth-order valence-corrected chi connectivity index (χ4v) is 7.68. The van der Waals surface area contributed by atoms with E-state index in [0.29, 0.717) is 5.92 Å². The van der Waals surface area contributed by atoms with Crippen LogP contribution in [0.5, 0.6) is 0 Å². The van der Waals surface area contributed by atoms with Crippen molar-refractivity contribution in [3.05, 3.63) is 139 Å². The lowest BCUT2D eigenvalue weighted by atomic mass is 9.97. The first-order valence-corrected chi connectivity index (χ1v) is 21.2. The van der Waals surface area contributed by atoms with Gasteiger partial charge in [-0.2, -0.15) is 0 Å². The van der Waals surface area contributed by atoms with Crippen LogP contribution in [0.1, 0.15) is 128 Å². The largest absolute Gasteiger partial charge is 0.454 e. The summed E-state index contributed by atoms with van der Waals surface area (Å²) in [4.78, 5) is 0. The van der Waals surface area contributed by atoms with Gasteiger partial charge in [-0.15, -0.1) is 13.2 Å². The molecule has 0 saturated carbocycles. The van der Waals surface area contributed by atoms with E-state index in [1.807, 2.05) is 13.0 Å². The summed E-state index contributed by atoms with van der Waals surface area (Å²) in [6.45, 7) is 20.5. The van der Waals surface area contributed by atoms with Crippen molar-refractivity contribution in [2.75, 3.05) is 0 Å². The maximum Gasteiger partial charge on any atom is 0.159 e. The number of aryl methyl sites for hydroxylation is 1. The molecule has 1 unspecified atom stereocenters. The van der Waals surface area contributed by atoms with Crippen LogP contribution in [0.4, 0.5) is 0 Å². The molecule has 0 amide bonds. The highest BCUT2D eigenvalue weighted by atomic mass is 16.3. The number of furan rings is 1. The van der Waals surface area contributed by atoms with Crippen molar-refractivity contribution in [2.45, 2.75) is 125 Å². The van der Waals surface area contributed by atoms with Gasteiger partial charge in [0, 0.05) is 21.5 Å². The molecular weight excluding hydrogens is 667 g/mol. The summed E-state index contributed by atoms with van der Waals surface area (Å²) >= 11 is 0. The number of unbranched alkanes of at least 4 members (excludes halogenated alkanes) is 7. The molecule has 2 heterocycles. The standard InChI is InChI=1S/C43H43NO.C7H16.C3H6/c1-5-8-9-10-15-31-25-38-37-28-34(33-17-13-16-30(24-33)14-6-2)21-23-42(37)45-43(38)41(26-31)44-39-19-12-11-18-35(39)36-27-32(29(4)7-3)20-22-40(36)44;1-3-5-7-6-4-2;1-3-2/h6,11-13,16-29H,2,5,7-10,14-15H2,1,3-4H3;3-7H2,1-2H3;3H,1H2,2H3. The first kappa shape index (κ1) is 41.3. The third-order valence-electron chi connectivity index (χ3n) is 10.9. The highest BCUT2D eigenvalue weighted by Crippen LogP contribution is 2.41. The van der Waals surface area contributed by atoms with Gasteiger partial charge in [0.05, 0.1) is 16.7 Å². The quantitative estimate of drug-likeness (QED) is 0.0758. The number of aromatic nitrogens is 1. The average Bonchev–Trinajstić information content (AvgIpc) is 3.75. The van der Waals surface area contributed by atoms with Crippen molar-refractivity contribution in [3.63, 3.8) is 0 Å². The van der Waals surface area contributed by atoms with E-state index in [9.17, 15) is 0 Å². The molecule has 2 heteroatoms. The maximum atomic E-state index is 6.80. The van der Waals surface area contributed by atoms with Gasteiger partial charge in [-0.05, 0) is 109 Å². The molecule has 55 heavy (non-hydrogen) atoms. The van der Waals surface area contributed by atoms with Gasteiger partial charge >= 0.3 is 0 Å². The zero-order chi connectivity index (χ0) is 39.2. The summed E-state index contributed by atoms with van der Waals surface area (Å²) < 4.78 is 9.25. The maximum absolute atomic E-state index is 6.80. The van der Waals surface area contributed by atoms with E-state index in [2.05, 4.69) is 149 Å². The Kier molecular flexibility index (Phi) is 15.6. The Labute approximate surface area is 332 Å². The van der Waals surface area contributed by atoms with E-state index >= 15 is 0 Å². The lowest BCUT2D eigenvalue weighted by molar-refractivity contribution is 0.656. The predicted molar refractivity (Wildman–Crippen MR) is 244 cm³/mol. The van der Waals surface area contributed by atoms with Crippen LogP contribution >= 0.6 is 0 Å². The number of para-hydroxylation sites is 1. The van der Waals surface area contributed by atoms with Crippen LogP contribution in [0.15, 0.2) is 127 Å². The molecule has 0 aliphatic carbocycles. The van der Waals surface area contributed by atoms with Crippen molar-refractivity contribution in [3.8, 4) is 16.8 Å².